The molecule has 0 saturated carbocycles. The van der Waals surface area contributed by atoms with Gasteiger partial charge in [-0.3, -0.25) is 0 Å². The summed E-state index contributed by atoms with van der Waals surface area (Å²) in [6.07, 6.45) is 0. The Kier molecular flexibility index (Phi) is 3.72. The summed E-state index contributed by atoms with van der Waals surface area (Å²) >= 11 is 5.91. The first kappa shape index (κ1) is 11.7. The van der Waals surface area contributed by atoms with E-state index in [1.807, 2.05) is 12.1 Å². The molecule has 0 bridgehead atoms. The zero-order chi connectivity index (χ0) is 11.5. The van der Waals surface area contributed by atoms with E-state index in [9.17, 15) is 0 Å². The molecule has 16 heavy (non-hydrogen) atoms. The summed E-state index contributed by atoms with van der Waals surface area (Å²) in [4.78, 5) is 2.44. The van der Waals surface area contributed by atoms with E-state index in [1.54, 1.807) is 0 Å². The molecule has 0 spiro atoms. The third kappa shape index (κ3) is 2.89. The van der Waals surface area contributed by atoms with Crippen molar-refractivity contribution in [3.63, 3.8) is 0 Å². The van der Waals surface area contributed by atoms with E-state index in [4.69, 9.17) is 11.6 Å². The molecule has 2 nitrogen and oxygen atoms in total. The standard InChI is InChI=1S/C13H19ClN2/c1-10-7-15-11(2)9-16(8-10)13-5-3-12(14)4-6-13/h3-6,10-11,15H,7-9H2,1-2H3. The van der Waals surface area contributed by atoms with Gasteiger partial charge in [0.15, 0.2) is 0 Å². The van der Waals surface area contributed by atoms with Gasteiger partial charge in [-0.15, -0.1) is 0 Å². The molecule has 0 radical (unpaired) electrons. The highest BCUT2D eigenvalue weighted by Crippen LogP contribution is 2.20. The van der Waals surface area contributed by atoms with Crippen LogP contribution < -0.4 is 10.2 Å². The molecule has 0 aliphatic carbocycles. The molecule has 1 fully saturated rings. The molecule has 2 unspecified atom stereocenters. The molecule has 2 rings (SSSR count). The summed E-state index contributed by atoms with van der Waals surface area (Å²) in [6, 6.07) is 8.68. The van der Waals surface area contributed by atoms with Crippen LogP contribution in [-0.2, 0) is 0 Å². The van der Waals surface area contributed by atoms with Gasteiger partial charge in [-0.05, 0) is 43.7 Å². The molecule has 1 N–H and O–H groups in total. The maximum Gasteiger partial charge on any atom is 0.0407 e. The van der Waals surface area contributed by atoms with Crippen molar-refractivity contribution in [2.45, 2.75) is 19.9 Å². The second-order valence-corrected chi connectivity index (χ2v) is 5.23. The molecule has 3 heteroatoms. The molecule has 1 aliphatic heterocycles. The minimum Gasteiger partial charge on any atom is -0.370 e. The number of nitrogens with zero attached hydrogens (tertiary/aromatic N) is 1. The van der Waals surface area contributed by atoms with Crippen molar-refractivity contribution in [2.75, 3.05) is 24.5 Å². The minimum absolute atomic E-state index is 0.542. The van der Waals surface area contributed by atoms with Crippen LogP contribution in [0.3, 0.4) is 0 Å². The zero-order valence-corrected chi connectivity index (χ0v) is 10.7. The summed E-state index contributed by atoms with van der Waals surface area (Å²) < 4.78 is 0. The molecule has 1 heterocycles. The van der Waals surface area contributed by atoms with E-state index in [2.05, 4.69) is 36.2 Å². The lowest BCUT2D eigenvalue weighted by Gasteiger charge is -2.26. The zero-order valence-electron chi connectivity index (χ0n) is 9.91. The number of hydrogen-bond acceptors (Lipinski definition) is 2. The normalized spacial score (nSPS) is 26.6. The van der Waals surface area contributed by atoms with E-state index >= 15 is 0 Å². The summed E-state index contributed by atoms with van der Waals surface area (Å²) in [7, 11) is 0. The van der Waals surface area contributed by atoms with Crippen LogP contribution in [0.25, 0.3) is 0 Å². The Hall–Kier alpha value is -0.730. The molecule has 0 amide bonds. The number of halogens is 1. The first-order valence-corrected chi connectivity index (χ1v) is 6.27. The Labute approximate surface area is 103 Å². The first-order valence-electron chi connectivity index (χ1n) is 5.89. The monoisotopic (exact) mass is 238 g/mol. The molecule has 2 atom stereocenters. The fraction of sp³-hybridized carbons (Fsp3) is 0.538. The Morgan fingerprint density at radius 2 is 1.88 bits per heavy atom. The smallest absolute Gasteiger partial charge is 0.0407 e. The van der Waals surface area contributed by atoms with Gasteiger partial charge >= 0.3 is 0 Å². The van der Waals surface area contributed by atoms with Crippen molar-refractivity contribution in [1.29, 1.82) is 0 Å². The average Bonchev–Trinajstić information content (AvgIpc) is 2.42. The van der Waals surface area contributed by atoms with Crippen molar-refractivity contribution in [3.8, 4) is 0 Å². The lowest BCUT2D eigenvalue weighted by molar-refractivity contribution is 0.525. The lowest BCUT2D eigenvalue weighted by atomic mass is 10.1. The largest absolute Gasteiger partial charge is 0.370 e. The van der Waals surface area contributed by atoms with E-state index in [0.29, 0.717) is 12.0 Å². The van der Waals surface area contributed by atoms with E-state index in [1.165, 1.54) is 5.69 Å². The van der Waals surface area contributed by atoms with Crippen molar-refractivity contribution in [2.24, 2.45) is 5.92 Å². The van der Waals surface area contributed by atoms with Crippen molar-refractivity contribution < 1.29 is 0 Å². The Morgan fingerprint density at radius 3 is 2.56 bits per heavy atom. The van der Waals surface area contributed by atoms with Gasteiger partial charge in [0, 0.05) is 29.8 Å². The van der Waals surface area contributed by atoms with Crippen LogP contribution in [0.15, 0.2) is 24.3 Å². The van der Waals surface area contributed by atoms with Gasteiger partial charge in [0.2, 0.25) is 0 Å². The minimum atomic E-state index is 0.542. The number of anilines is 1. The van der Waals surface area contributed by atoms with Crippen LogP contribution >= 0.6 is 11.6 Å². The molecule has 1 aromatic carbocycles. The summed E-state index contributed by atoms with van der Waals surface area (Å²) in [5.74, 6) is 0.681. The van der Waals surface area contributed by atoms with Crippen molar-refractivity contribution in [1.82, 2.24) is 5.32 Å². The first-order chi connectivity index (χ1) is 7.65. The third-order valence-electron chi connectivity index (χ3n) is 3.03. The number of hydrogen-bond donors (Lipinski definition) is 1. The molecule has 1 aromatic rings. The maximum absolute atomic E-state index is 5.91. The summed E-state index contributed by atoms with van der Waals surface area (Å²) in [5, 5.41) is 4.34. The van der Waals surface area contributed by atoms with E-state index < -0.39 is 0 Å². The molecule has 88 valence electrons. The SMILES string of the molecule is CC1CNC(C)CN(c2ccc(Cl)cc2)C1. The van der Waals surface area contributed by atoms with Gasteiger partial charge in [0.25, 0.3) is 0 Å². The molecule has 0 aromatic heterocycles. The second-order valence-electron chi connectivity index (χ2n) is 4.80. The number of rotatable bonds is 1. The van der Waals surface area contributed by atoms with E-state index in [-0.39, 0.29) is 0 Å². The molecule has 1 aliphatic rings. The Bertz CT molecular complexity index is 324. The Morgan fingerprint density at radius 1 is 1.19 bits per heavy atom. The van der Waals surface area contributed by atoms with Gasteiger partial charge in [-0.2, -0.15) is 0 Å². The molecular weight excluding hydrogens is 220 g/mol. The topological polar surface area (TPSA) is 15.3 Å². The van der Waals surface area contributed by atoms with Crippen molar-refractivity contribution >= 4 is 17.3 Å². The van der Waals surface area contributed by atoms with E-state index in [0.717, 1.165) is 24.7 Å². The van der Waals surface area contributed by atoms with Crippen LogP contribution in [-0.4, -0.2) is 25.7 Å². The lowest BCUT2D eigenvalue weighted by Crippen LogP contribution is -2.35. The van der Waals surface area contributed by atoms with Crippen LogP contribution in [0.5, 0.6) is 0 Å². The fourth-order valence-electron chi connectivity index (χ4n) is 2.18. The summed E-state index contributed by atoms with van der Waals surface area (Å²) in [5.41, 5.74) is 1.27. The average molecular weight is 239 g/mol. The highest BCUT2D eigenvalue weighted by Gasteiger charge is 2.18. The number of benzene rings is 1. The van der Waals surface area contributed by atoms with Gasteiger partial charge < -0.3 is 10.2 Å². The van der Waals surface area contributed by atoms with Crippen molar-refractivity contribution in [3.05, 3.63) is 29.3 Å². The highest BCUT2D eigenvalue weighted by molar-refractivity contribution is 6.30. The van der Waals surface area contributed by atoms with Crippen LogP contribution in [0.4, 0.5) is 5.69 Å². The summed E-state index contributed by atoms with van der Waals surface area (Å²) in [6.45, 7) is 7.80. The van der Waals surface area contributed by atoms with Gasteiger partial charge in [0.05, 0.1) is 0 Å². The maximum atomic E-state index is 5.91. The predicted molar refractivity (Wildman–Crippen MR) is 70.3 cm³/mol. The predicted octanol–water partition coefficient (Wildman–Crippen LogP) is 2.77. The third-order valence-corrected chi connectivity index (χ3v) is 3.28. The number of nitrogens with one attached hydrogen (secondary N) is 1. The Balaban J connectivity index is 2.14. The van der Waals surface area contributed by atoms with Crippen LogP contribution in [0, 0.1) is 5.92 Å². The second kappa shape index (κ2) is 5.07. The molecule has 1 saturated heterocycles. The highest BCUT2D eigenvalue weighted by atomic mass is 35.5. The van der Waals surface area contributed by atoms with Gasteiger partial charge in [-0.25, -0.2) is 0 Å². The fourth-order valence-corrected chi connectivity index (χ4v) is 2.30. The quantitative estimate of drug-likeness (QED) is 0.810. The van der Waals surface area contributed by atoms with Gasteiger partial charge in [-0.1, -0.05) is 18.5 Å². The van der Waals surface area contributed by atoms with Gasteiger partial charge in [0.1, 0.15) is 0 Å². The van der Waals surface area contributed by atoms with Crippen LogP contribution in [0.1, 0.15) is 13.8 Å². The molecular formula is C13H19ClN2. The van der Waals surface area contributed by atoms with Crippen LogP contribution in [0.2, 0.25) is 5.02 Å².